The van der Waals surface area contributed by atoms with E-state index in [2.05, 4.69) is 67.8 Å². The van der Waals surface area contributed by atoms with Gasteiger partial charge in [-0.25, -0.2) is 0 Å². The predicted octanol–water partition coefficient (Wildman–Crippen LogP) is 8.77. The molecule has 0 radical (unpaired) electrons. The first kappa shape index (κ1) is 79.7. The van der Waals surface area contributed by atoms with Gasteiger partial charge in [0, 0.05) is 6.42 Å². The van der Waals surface area contributed by atoms with Crippen LogP contribution in [0.5, 0.6) is 0 Å². The summed E-state index contributed by atoms with van der Waals surface area (Å²) in [6, 6.07) is -1.00. The van der Waals surface area contributed by atoms with Crippen LogP contribution in [0.4, 0.5) is 0 Å². The number of carbonyl (C=O) groups excluding carboxylic acids is 1. The van der Waals surface area contributed by atoms with Gasteiger partial charge in [0.05, 0.1) is 38.6 Å². The predicted molar refractivity (Wildman–Crippen MR) is 342 cm³/mol. The molecule has 19 nitrogen and oxygen atoms in total. The lowest BCUT2D eigenvalue weighted by atomic mass is 9.96. The SMILES string of the molecule is CC/C=C\C/C=C\C/C=C\CCCCCCCC(=O)NC(COC1OC(CO)C(OC2OC(CO)C(OC3OC(CO)C(O)C(O)C3O)C(O)C2O)C(O)C1O)C(O)/C=C/CC/C=C/CCCCCCCCCCCCCCCCCCCCCCCC. The lowest BCUT2D eigenvalue weighted by Crippen LogP contribution is -2.66. The van der Waals surface area contributed by atoms with Crippen LogP contribution in [0.25, 0.3) is 0 Å². The molecule has 0 aromatic rings. The highest BCUT2D eigenvalue weighted by Gasteiger charge is 2.53. The number of allylic oxidation sites excluding steroid dienone is 9. The van der Waals surface area contributed by atoms with Crippen molar-refractivity contribution in [3.8, 4) is 0 Å². The molecular formula is C69H123NO18. The third-order valence-electron chi connectivity index (χ3n) is 17.0. The van der Waals surface area contributed by atoms with Crippen molar-refractivity contribution < 1.29 is 89.4 Å². The summed E-state index contributed by atoms with van der Waals surface area (Å²) in [6.45, 7) is 1.59. The van der Waals surface area contributed by atoms with Gasteiger partial charge in [0.1, 0.15) is 73.2 Å². The summed E-state index contributed by atoms with van der Waals surface area (Å²) in [5.74, 6) is -0.303. The molecule has 3 saturated heterocycles. The first-order chi connectivity index (χ1) is 42.8. The molecule has 0 aliphatic carbocycles. The minimum Gasteiger partial charge on any atom is -0.394 e. The Morgan fingerprint density at radius 3 is 1.27 bits per heavy atom. The van der Waals surface area contributed by atoms with Crippen molar-refractivity contribution >= 4 is 5.91 Å². The molecule has 1 amide bonds. The van der Waals surface area contributed by atoms with Crippen LogP contribution in [0.1, 0.15) is 239 Å². The lowest BCUT2D eigenvalue weighted by Gasteiger charge is -2.48. The molecule has 17 atom stereocenters. The number of nitrogens with one attached hydrogen (secondary N) is 1. The second kappa shape index (κ2) is 51.0. The minimum atomic E-state index is -1.98. The Kier molecular flexibility index (Phi) is 46.2. The zero-order valence-electron chi connectivity index (χ0n) is 53.9. The van der Waals surface area contributed by atoms with Crippen molar-refractivity contribution in [3.05, 3.63) is 60.8 Å². The average molecular weight is 1250 g/mol. The van der Waals surface area contributed by atoms with E-state index in [1.165, 1.54) is 135 Å². The Bertz CT molecular complexity index is 1830. The number of hydrogen-bond acceptors (Lipinski definition) is 18. The second-order valence-electron chi connectivity index (χ2n) is 24.6. The lowest BCUT2D eigenvalue weighted by molar-refractivity contribution is -0.379. The molecule has 512 valence electrons. The number of unbranched alkanes of at least 4 members (excludes halogenated alkanes) is 28. The van der Waals surface area contributed by atoms with Crippen LogP contribution in [0.15, 0.2) is 60.8 Å². The summed E-state index contributed by atoms with van der Waals surface area (Å²) in [5, 5.41) is 120. The highest BCUT2D eigenvalue weighted by molar-refractivity contribution is 5.76. The second-order valence-corrected chi connectivity index (χ2v) is 24.6. The molecule has 0 bridgehead atoms. The fourth-order valence-electron chi connectivity index (χ4n) is 11.5. The third-order valence-corrected chi connectivity index (χ3v) is 17.0. The Morgan fingerprint density at radius 1 is 0.420 bits per heavy atom. The van der Waals surface area contributed by atoms with Crippen molar-refractivity contribution in [3.63, 3.8) is 0 Å². The van der Waals surface area contributed by atoms with Gasteiger partial charge in [-0.3, -0.25) is 4.79 Å². The zero-order chi connectivity index (χ0) is 64.0. The van der Waals surface area contributed by atoms with Crippen molar-refractivity contribution in [1.29, 1.82) is 0 Å². The number of ether oxygens (including phenoxy) is 6. The van der Waals surface area contributed by atoms with Crippen LogP contribution in [0.2, 0.25) is 0 Å². The molecule has 88 heavy (non-hydrogen) atoms. The highest BCUT2D eigenvalue weighted by Crippen LogP contribution is 2.33. The maximum Gasteiger partial charge on any atom is 0.220 e. The molecule has 17 unspecified atom stereocenters. The molecule has 12 N–H and O–H groups in total. The van der Waals surface area contributed by atoms with Crippen LogP contribution in [0, 0.1) is 0 Å². The van der Waals surface area contributed by atoms with E-state index in [1.807, 2.05) is 6.08 Å². The monoisotopic (exact) mass is 1250 g/mol. The number of hydrogen-bond donors (Lipinski definition) is 12. The molecule has 0 aromatic carbocycles. The third kappa shape index (κ3) is 32.9. The molecule has 0 spiro atoms. The number of amides is 1. The standard InChI is InChI=1S/C69H123NO18/c1-3-5-7-9-11-13-15-17-19-20-21-22-23-24-25-26-27-28-29-30-31-33-34-36-38-40-42-44-46-53(74)52(70-57(75)47-45-43-41-39-37-35-32-18-16-14-12-10-8-6-4-2)51-83-67-63(81)60(78)65(55(49-72)85-67)88-69-64(82)61(79)66(56(50-73)86-69)87-68-62(80)59(77)58(76)54(48-71)84-68/h6,8,12,14,18,32,36,38,44,46,52-56,58-69,71-74,76-82H,3-5,7,9-11,13,15-17,19-31,33-35,37,39-43,45,47-51H2,1-2H3,(H,70,75)/b8-6-,14-12-,32-18-,38-36+,46-44+. The van der Waals surface area contributed by atoms with Gasteiger partial charge in [-0.1, -0.05) is 229 Å². The average Bonchev–Trinajstić information content (AvgIpc) is 3.59. The molecule has 3 aliphatic rings. The Labute approximate surface area is 528 Å². The Hall–Kier alpha value is -2.51. The topological polar surface area (TPSA) is 307 Å². The van der Waals surface area contributed by atoms with E-state index >= 15 is 0 Å². The van der Waals surface area contributed by atoms with Crippen molar-refractivity contribution in [2.75, 3.05) is 26.4 Å². The van der Waals surface area contributed by atoms with Gasteiger partial charge in [-0.15, -0.1) is 0 Å². The van der Waals surface area contributed by atoms with Crippen LogP contribution >= 0.6 is 0 Å². The van der Waals surface area contributed by atoms with Gasteiger partial charge in [-0.2, -0.15) is 0 Å². The Morgan fingerprint density at radius 2 is 0.795 bits per heavy atom. The quantitative estimate of drug-likeness (QED) is 0.0200. The van der Waals surface area contributed by atoms with Crippen LogP contribution in [0.3, 0.4) is 0 Å². The first-order valence-corrected chi connectivity index (χ1v) is 34.5. The summed E-state index contributed by atoms with van der Waals surface area (Å²) in [7, 11) is 0. The zero-order valence-corrected chi connectivity index (χ0v) is 53.9. The highest BCUT2D eigenvalue weighted by atomic mass is 16.8. The van der Waals surface area contributed by atoms with E-state index in [0.29, 0.717) is 12.8 Å². The fraction of sp³-hybridized carbons (Fsp3) is 0.841. The first-order valence-electron chi connectivity index (χ1n) is 34.5. The maximum absolute atomic E-state index is 13.4. The van der Waals surface area contributed by atoms with Crippen molar-refractivity contribution in [1.82, 2.24) is 5.32 Å². The number of aliphatic hydroxyl groups is 11. The van der Waals surface area contributed by atoms with Gasteiger partial charge < -0.3 is 89.9 Å². The summed E-state index contributed by atoms with van der Waals surface area (Å²) in [4.78, 5) is 13.4. The maximum atomic E-state index is 13.4. The van der Waals surface area contributed by atoms with E-state index in [-0.39, 0.29) is 18.9 Å². The summed E-state index contributed by atoms with van der Waals surface area (Å²) in [5.41, 5.74) is 0. The number of carbonyl (C=O) groups is 1. The largest absolute Gasteiger partial charge is 0.394 e. The summed E-state index contributed by atoms with van der Waals surface area (Å²) in [6.07, 6.45) is 35.0. The Balaban J connectivity index is 1.44. The van der Waals surface area contributed by atoms with E-state index in [9.17, 15) is 61.0 Å². The van der Waals surface area contributed by atoms with Crippen LogP contribution < -0.4 is 5.32 Å². The smallest absolute Gasteiger partial charge is 0.220 e. The van der Waals surface area contributed by atoms with E-state index in [4.69, 9.17) is 28.4 Å². The molecule has 3 heterocycles. The van der Waals surface area contributed by atoms with Gasteiger partial charge in [0.2, 0.25) is 5.91 Å². The van der Waals surface area contributed by atoms with Gasteiger partial charge >= 0.3 is 0 Å². The van der Waals surface area contributed by atoms with Gasteiger partial charge in [0.15, 0.2) is 18.9 Å². The van der Waals surface area contributed by atoms with Crippen molar-refractivity contribution in [2.45, 2.75) is 343 Å². The molecule has 0 saturated carbocycles. The van der Waals surface area contributed by atoms with Crippen LogP contribution in [-0.2, 0) is 33.2 Å². The van der Waals surface area contributed by atoms with E-state index in [0.717, 1.165) is 70.6 Å². The molecule has 3 fully saturated rings. The summed E-state index contributed by atoms with van der Waals surface area (Å²) >= 11 is 0. The number of rotatable bonds is 52. The van der Waals surface area contributed by atoms with Crippen molar-refractivity contribution in [2.24, 2.45) is 0 Å². The molecular weight excluding hydrogens is 1130 g/mol. The van der Waals surface area contributed by atoms with Crippen LogP contribution in [-0.4, -0.2) is 193 Å². The molecule has 3 aliphatic heterocycles. The van der Waals surface area contributed by atoms with Gasteiger partial charge in [0.25, 0.3) is 0 Å². The number of aliphatic hydroxyl groups excluding tert-OH is 11. The minimum absolute atomic E-state index is 0.214. The fourth-order valence-corrected chi connectivity index (χ4v) is 11.5. The van der Waals surface area contributed by atoms with Gasteiger partial charge in [-0.05, 0) is 64.2 Å². The normalized spacial score (nSPS) is 28.8. The molecule has 19 heteroatoms. The summed E-state index contributed by atoms with van der Waals surface area (Å²) < 4.78 is 34.3. The molecule has 3 rings (SSSR count). The molecule has 0 aromatic heterocycles. The van der Waals surface area contributed by atoms with E-state index in [1.54, 1.807) is 6.08 Å². The van der Waals surface area contributed by atoms with E-state index < -0.39 is 124 Å².